The van der Waals surface area contributed by atoms with Gasteiger partial charge in [0.05, 0.1) is 19.8 Å². The first-order chi connectivity index (χ1) is 40.7. The van der Waals surface area contributed by atoms with Crippen LogP contribution in [0.5, 0.6) is 11.5 Å². The van der Waals surface area contributed by atoms with Gasteiger partial charge in [-0.15, -0.1) is 0 Å². The van der Waals surface area contributed by atoms with E-state index >= 15 is 0 Å². The van der Waals surface area contributed by atoms with Crippen LogP contribution in [0.25, 0.3) is 22.3 Å². The Morgan fingerprint density at radius 2 is 0.663 bits per heavy atom. The smallest absolute Gasteiger partial charge is 0.194 e. The zero-order valence-corrected chi connectivity index (χ0v) is 55.8. The van der Waals surface area contributed by atoms with Gasteiger partial charge in [-0.2, -0.15) is 0 Å². The number of halogens is 1. The fourth-order valence-electron chi connectivity index (χ4n) is 11.8. The minimum Gasteiger partial charge on any atom is -0.508 e. The van der Waals surface area contributed by atoms with Crippen molar-refractivity contribution in [3.8, 4) is 33.8 Å². The predicted molar refractivity (Wildman–Crippen MR) is 363 cm³/mol. The highest BCUT2D eigenvalue weighted by molar-refractivity contribution is 14.1. The number of phenolic OH excluding ortho intramolecular Hbond substituents is 1. The molecule has 0 saturated heterocycles. The molecule has 0 aliphatic heterocycles. The summed E-state index contributed by atoms with van der Waals surface area (Å²) in [5.41, 5.74) is 7.19. The molecule has 6 nitrogen and oxygen atoms in total. The molecule has 0 radical (unpaired) electrons. The lowest BCUT2D eigenvalue weighted by atomic mass is 9.84. The first-order valence-electron chi connectivity index (χ1n) is 34.2. The number of hydrogen-bond acceptors (Lipinski definition) is 6. The molecule has 0 spiro atoms. The molecule has 7 heteroatoms. The van der Waals surface area contributed by atoms with Crippen molar-refractivity contribution in [3.05, 3.63) is 107 Å². The number of unbranched alkanes of at least 4 members (excludes halogenated alkanes) is 30. The Bertz CT molecular complexity index is 2320. The molecule has 464 valence electrons. The van der Waals surface area contributed by atoms with Crippen molar-refractivity contribution < 1.29 is 28.9 Å². The van der Waals surface area contributed by atoms with Crippen molar-refractivity contribution >= 4 is 34.2 Å². The van der Waals surface area contributed by atoms with Gasteiger partial charge in [-0.05, 0) is 97.2 Å². The van der Waals surface area contributed by atoms with E-state index in [1.807, 2.05) is 66.7 Å². The van der Waals surface area contributed by atoms with Crippen molar-refractivity contribution in [3.63, 3.8) is 0 Å². The fraction of sp³-hybridized carbons (Fsp3) is 0.658. The minimum absolute atomic E-state index is 0.00103. The monoisotopic (exact) mass is 1250 g/mol. The van der Waals surface area contributed by atoms with Crippen molar-refractivity contribution in [2.75, 3.05) is 37.5 Å². The van der Waals surface area contributed by atoms with Crippen LogP contribution in [-0.4, -0.2) is 54.1 Å². The van der Waals surface area contributed by atoms with E-state index in [0.29, 0.717) is 17.6 Å². The number of carbonyl (C=O) groups is 2. The Morgan fingerprint density at radius 1 is 0.349 bits per heavy atom. The summed E-state index contributed by atoms with van der Waals surface area (Å²) in [6.45, 7) is 17.8. The molecule has 0 bridgehead atoms. The van der Waals surface area contributed by atoms with E-state index in [9.17, 15) is 14.7 Å². The molecule has 0 atom stereocenters. The van der Waals surface area contributed by atoms with Gasteiger partial charge in [0.1, 0.15) is 11.5 Å². The molecule has 2 aliphatic rings. The van der Waals surface area contributed by atoms with Crippen LogP contribution in [0.4, 0.5) is 0 Å². The lowest BCUT2D eigenvalue weighted by molar-refractivity contribution is 0.00675. The summed E-state index contributed by atoms with van der Waals surface area (Å²) >= 11 is 2.53. The van der Waals surface area contributed by atoms with Crippen LogP contribution < -0.4 is 4.74 Å². The van der Waals surface area contributed by atoms with Crippen LogP contribution in [0.1, 0.15) is 305 Å². The van der Waals surface area contributed by atoms with Crippen LogP contribution in [0, 0.1) is 10.8 Å². The summed E-state index contributed by atoms with van der Waals surface area (Å²) in [6.07, 6.45) is 49.6. The van der Waals surface area contributed by atoms with E-state index in [2.05, 4.69) is 64.1 Å². The molecule has 0 saturated carbocycles. The van der Waals surface area contributed by atoms with Crippen molar-refractivity contribution in [2.45, 2.75) is 273 Å². The summed E-state index contributed by atoms with van der Waals surface area (Å²) in [6, 6.07) is 26.2. The quantitative estimate of drug-likeness (QED) is 0.0233. The highest BCUT2D eigenvalue weighted by atomic mass is 127. The highest BCUT2D eigenvalue weighted by Gasteiger charge is 2.30. The molecular weight excluding hydrogens is 1140 g/mol. The van der Waals surface area contributed by atoms with Gasteiger partial charge >= 0.3 is 0 Å². The lowest BCUT2D eigenvalue weighted by Gasteiger charge is -2.31. The van der Waals surface area contributed by atoms with Gasteiger partial charge in [-0.25, -0.2) is 0 Å². The Labute approximate surface area is 521 Å². The molecule has 0 heterocycles. The normalized spacial score (nSPS) is 12.3. The van der Waals surface area contributed by atoms with Crippen LogP contribution >= 0.6 is 22.6 Å². The maximum absolute atomic E-state index is 12.9. The van der Waals surface area contributed by atoms with Crippen LogP contribution in [0.2, 0.25) is 0 Å². The van der Waals surface area contributed by atoms with Gasteiger partial charge in [0.15, 0.2) is 11.6 Å². The second-order valence-electron chi connectivity index (χ2n) is 24.7. The van der Waals surface area contributed by atoms with Gasteiger partial charge in [-0.3, -0.25) is 9.59 Å². The first-order valence-corrected chi connectivity index (χ1v) is 35.8. The third-order valence-corrected chi connectivity index (χ3v) is 20.0. The molecule has 0 aromatic heterocycles. The maximum Gasteiger partial charge on any atom is 0.194 e. The zero-order chi connectivity index (χ0) is 59.6. The topological polar surface area (TPSA) is 82.1 Å². The number of ether oxygens (including phenoxy) is 3. The number of rotatable bonds is 46. The molecule has 4 aromatic carbocycles. The number of benzene rings is 4. The largest absolute Gasteiger partial charge is 0.508 e. The summed E-state index contributed by atoms with van der Waals surface area (Å²) in [7, 11) is 0. The molecule has 0 fully saturated rings. The maximum atomic E-state index is 12.9. The highest BCUT2D eigenvalue weighted by Crippen LogP contribution is 2.40. The number of alkyl halides is 1. The molecule has 4 aromatic rings. The number of fused-ring (bicyclic) bond motifs is 6. The van der Waals surface area contributed by atoms with E-state index < -0.39 is 0 Å². The predicted octanol–water partition coefficient (Wildman–Crippen LogP) is 23.5. The summed E-state index contributed by atoms with van der Waals surface area (Å²) < 4.78 is 19.7. The summed E-state index contributed by atoms with van der Waals surface area (Å²) in [5, 5.41) is 9.34. The minimum atomic E-state index is -0.00324. The van der Waals surface area contributed by atoms with Crippen LogP contribution in [0.3, 0.4) is 0 Å². The Kier molecular flexibility index (Phi) is 38.1. The second-order valence-corrected chi connectivity index (χ2v) is 25.5. The zero-order valence-electron chi connectivity index (χ0n) is 53.6. The number of ketones is 2. The van der Waals surface area contributed by atoms with Crippen molar-refractivity contribution in [1.82, 2.24) is 0 Å². The van der Waals surface area contributed by atoms with Gasteiger partial charge in [0, 0.05) is 50.7 Å². The standard InChI is InChI=1S/C38H58O3.C25H51IO.C13H8O2/c1-4-7-8-9-10-11-12-13-14-15-16-17-18-19-20-23-28-40-30-38(5-2,6-3)31-41-32-26-27-34-33-24-21-22-25-35(33)37(39)36(34)29-32;1-4-7-8-9-10-11-12-13-14-15-16-17-18-19-20-21-22-27-24-25(5-2,6-3)23-26;14-8-5-6-10-9-3-1-2-4-11(9)13(15)12(10)7-8/h21-22,24-27,29H,4-20,23,28,30-31H2,1-3H3;4-24H2,1-3H3;1-7,14H. The van der Waals surface area contributed by atoms with Crippen molar-refractivity contribution in [1.29, 1.82) is 0 Å². The molecule has 0 unspecified atom stereocenters. The fourth-order valence-corrected chi connectivity index (χ4v) is 13.1. The van der Waals surface area contributed by atoms with Crippen LogP contribution in [-0.2, 0) is 9.47 Å². The second kappa shape index (κ2) is 44.0. The molecule has 0 amide bonds. The van der Waals surface area contributed by atoms with Crippen LogP contribution in [0.15, 0.2) is 84.9 Å². The summed E-state index contributed by atoms with van der Waals surface area (Å²) in [5.74, 6) is 1.00. The first kappa shape index (κ1) is 71.9. The van der Waals surface area contributed by atoms with Gasteiger partial charge in [0.2, 0.25) is 0 Å². The number of aromatic hydroxyl groups is 1. The van der Waals surface area contributed by atoms with E-state index in [1.54, 1.807) is 12.1 Å². The Balaban J connectivity index is 0.000000299. The Morgan fingerprint density at radius 3 is 1.02 bits per heavy atom. The van der Waals surface area contributed by atoms with Crippen molar-refractivity contribution in [2.24, 2.45) is 10.8 Å². The van der Waals surface area contributed by atoms with Gasteiger partial charge < -0.3 is 19.3 Å². The number of phenols is 1. The number of hydrogen-bond donors (Lipinski definition) is 1. The van der Waals surface area contributed by atoms with E-state index in [4.69, 9.17) is 14.2 Å². The molecule has 6 rings (SSSR count). The third-order valence-electron chi connectivity index (χ3n) is 18.3. The lowest BCUT2D eigenvalue weighted by Crippen LogP contribution is -2.32. The molecular formula is C76H117IO6. The van der Waals surface area contributed by atoms with Gasteiger partial charge in [0.25, 0.3) is 0 Å². The SMILES string of the molecule is CCCCCCCCCCCCCCCCCCOCC(CC)(CC)CI.CCCCCCCCCCCCCCCCCCOCC(CC)(CC)COc1ccc2c(c1)C(=O)c1ccccc1-2.O=C1c2ccccc2-c2ccc(O)cc21. The Hall–Kier alpha value is -3.53. The van der Waals surface area contributed by atoms with Gasteiger partial charge in [-0.1, -0.05) is 305 Å². The molecule has 83 heavy (non-hydrogen) atoms. The number of carbonyl (C=O) groups excluding carboxylic acids is 2. The van der Waals surface area contributed by atoms with E-state index in [1.165, 1.54) is 222 Å². The van der Waals surface area contributed by atoms with E-state index in [0.717, 1.165) is 90.4 Å². The average Bonchev–Trinajstić information content (AvgIpc) is 3.67. The molecule has 2 aliphatic carbocycles. The van der Waals surface area contributed by atoms with E-state index in [-0.39, 0.29) is 22.7 Å². The average molecular weight is 1250 g/mol. The summed E-state index contributed by atoms with van der Waals surface area (Å²) in [4.78, 5) is 24.8. The molecule has 1 N–H and O–H groups in total. The third kappa shape index (κ3) is 26.5.